The van der Waals surface area contributed by atoms with Gasteiger partial charge in [-0.05, 0) is 12.1 Å². The van der Waals surface area contributed by atoms with Gasteiger partial charge in [-0.1, -0.05) is 27.7 Å². The molecule has 0 radical (unpaired) electrons. The molecule has 3 rings (SSSR count). The van der Waals surface area contributed by atoms with Gasteiger partial charge in [0.05, 0.1) is 22.3 Å². The van der Waals surface area contributed by atoms with Gasteiger partial charge in [-0.3, -0.25) is 0 Å². The van der Waals surface area contributed by atoms with E-state index in [-0.39, 0.29) is 5.44 Å². The molecule has 0 amide bonds. The summed E-state index contributed by atoms with van der Waals surface area (Å²) in [6.07, 6.45) is 0. The summed E-state index contributed by atoms with van der Waals surface area (Å²) in [5, 5.41) is 3.33. The van der Waals surface area contributed by atoms with Gasteiger partial charge in [0, 0.05) is 18.0 Å². The summed E-state index contributed by atoms with van der Waals surface area (Å²) in [6.45, 7) is 2.69. The number of benzene rings is 1. The van der Waals surface area contributed by atoms with E-state index in [0.717, 1.165) is 25.2 Å². The molecule has 2 heterocycles. The van der Waals surface area contributed by atoms with Crippen LogP contribution < -0.4 is 5.32 Å². The molecule has 1 fully saturated rings. The maximum absolute atomic E-state index is 5.66. The molecule has 1 aliphatic rings. The Balaban J connectivity index is 1.69. The predicted octanol–water partition coefficient (Wildman–Crippen LogP) is 2.98. The number of hydrogen-bond donors (Lipinski definition) is 1. The minimum absolute atomic E-state index is 0.239. The van der Waals surface area contributed by atoms with E-state index in [1.807, 2.05) is 5.51 Å². The molecule has 0 saturated carbocycles. The van der Waals surface area contributed by atoms with Gasteiger partial charge in [0.2, 0.25) is 0 Å². The fourth-order valence-electron chi connectivity index (χ4n) is 1.64. The lowest BCUT2D eigenvalue weighted by atomic mass is 10.3. The normalized spacial score (nSPS) is 20.8. The van der Waals surface area contributed by atoms with Crippen molar-refractivity contribution in [1.29, 1.82) is 0 Å². The number of thiazole rings is 1. The number of hydrogen-bond acceptors (Lipinski definition) is 6. The molecule has 3 nitrogen and oxygen atoms in total. The van der Waals surface area contributed by atoms with Crippen LogP contribution in [0.1, 0.15) is 0 Å². The van der Waals surface area contributed by atoms with Crippen molar-refractivity contribution in [3.8, 4) is 0 Å². The van der Waals surface area contributed by atoms with Crippen LogP contribution in [-0.4, -0.2) is 30.1 Å². The van der Waals surface area contributed by atoms with Crippen LogP contribution in [0.5, 0.6) is 0 Å². The average Bonchev–Trinajstić information content (AvgIpc) is 2.86. The lowest BCUT2D eigenvalue weighted by Gasteiger charge is -2.22. The van der Waals surface area contributed by atoms with Crippen molar-refractivity contribution in [3.05, 3.63) is 23.7 Å². The number of para-hydroxylation sites is 1. The second-order valence-electron chi connectivity index (χ2n) is 3.64. The summed E-state index contributed by atoms with van der Waals surface area (Å²) in [5.41, 5.74) is 3.25. The molecule has 17 heavy (non-hydrogen) atoms. The quantitative estimate of drug-likeness (QED) is 0.877. The molecule has 0 aliphatic carbocycles. The fourth-order valence-corrected chi connectivity index (χ4v) is 4.74. The summed E-state index contributed by atoms with van der Waals surface area (Å²) in [4.78, 5) is 5.64. The highest BCUT2D eigenvalue weighted by atomic mass is 33.1. The number of nitrogens with zero attached hydrogens (tertiary/aromatic N) is 1. The summed E-state index contributed by atoms with van der Waals surface area (Å²) >= 11 is 1.69. The summed E-state index contributed by atoms with van der Waals surface area (Å²) in [6, 6.07) is 6.32. The Labute approximate surface area is 112 Å². The van der Waals surface area contributed by atoms with Crippen LogP contribution >= 0.6 is 32.9 Å². The Bertz CT molecular complexity index is 496. The van der Waals surface area contributed by atoms with E-state index < -0.39 is 0 Å². The first-order valence-corrected chi connectivity index (χ1v) is 8.50. The van der Waals surface area contributed by atoms with E-state index >= 15 is 0 Å². The molecular formula is C11H12N2OS3. The van der Waals surface area contributed by atoms with Gasteiger partial charge in [0.25, 0.3) is 0 Å². The van der Waals surface area contributed by atoms with Gasteiger partial charge in [0.1, 0.15) is 5.44 Å². The smallest absolute Gasteiger partial charge is 0.125 e. The first-order valence-electron chi connectivity index (χ1n) is 5.41. The van der Waals surface area contributed by atoms with E-state index in [1.54, 1.807) is 32.9 Å². The molecule has 0 bridgehead atoms. The Morgan fingerprint density at radius 1 is 1.47 bits per heavy atom. The fraction of sp³-hybridized carbons (Fsp3) is 0.364. The van der Waals surface area contributed by atoms with Crippen molar-refractivity contribution in [2.24, 2.45) is 0 Å². The van der Waals surface area contributed by atoms with Gasteiger partial charge in [0.15, 0.2) is 0 Å². The van der Waals surface area contributed by atoms with Crippen LogP contribution in [0.15, 0.2) is 28.6 Å². The summed E-state index contributed by atoms with van der Waals surface area (Å²) in [7, 11) is 3.52. The van der Waals surface area contributed by atoms with Crippen LogP contribution in [0.2, 0.25) is 0 Å². The van der Waals surface area contributed by atoms with E-state index in [2.05, 4.69) is 28.5 Å². The van der Waals surface area contributed by atoms with E-state index in [4.69, 9.17) is 4.74 Å². The molecule has 90 valence electrons. The Kier molecular flexibility index (Phi) is 3.87. The van der Waals surface area contributed by atoms with Crippen LogP contribution in [-0.2, 0) is 4.74 Å². The van der Waals surface area contributed by atoms with Crippen LogP contribution in [0.3, 0.4) is 0 Å². The highest BCUT2D eigenvalue weighted by Crippen LogP contribution is 2.39. The first kappa shape index (κ1) is 11.8. The van der Waals surface area contributed by atoms with Crippen LogP contribution in [0.25, 0.3) is 10.2 Å². The topological polar surface area (TPSA) is 34.1 Å². The zero-order valence-electron chi connectivity index (χ0n) is 9.09. The molecule has 1 unspecified atom stereocenters. The monoisotopic (exact) mass is 284 g/mol. The number of aromatic nitrogens is 1. The average molecular weight is 284 g/mol. The molecular weight excluding hydrogens is 272 g/mol. The van der Waals surface area contributed by atoms with E-state index in [9.17, 15) is 0 Å². The third-order valence-corrected chi connectivity index (χ3v) is 5.85. The van der Waals surface area contributed by atoms with Crippen molar-refractivity contribution in [3.63, 3.8) is 0 Å². The number of ether oxygens (including phenoxy) is 1. The third-order valence-electron chi connectivity index (χ3n) is 2.46. The molecule has 0 spiro atoms. The van der Waals surface area contributed by atoms with E-state index in [1.165, 1.54) is 9.60 Å². The second-order valence-corrected chi connectivity index (χ2v) is 6.93. The SMILES string of the molecule is c1cc(SSC2CNCCO2)c2ncsc2c1. The highest BCUT2D eigenvalue weighted by Gasteiger charge is 2.15. The van der Waals surface area contributed by atoms with Gasteiger partial charge >= 0.3 is 0 Å². The second kappa shape index (κ2) is 5.58. The molecule has 1 N–H and O–H groups in total. The molecule has 1 aromatic heterocycles. The van der Waals surface area contributed by atoms with Gasteiger partial charge in [-0.2, -0.15) is 0 Å². The lowest BCUT2D eigenvalue weighted by molar-refractivity contribution is 0.0862. The summed E-state index contributed by atoms with van der Waals surface area (Å²) < 4.78 is 6.90. The van der Waals surface area contributed by atoms with Gasteiger partial charge in [-0.15, -0.1) is 11.3 Å². The Morgan fingerprint density at radius 3 is 3.35 bits per heavy atom. The number of rotatable bonds is 3. The molecule has 2 aromatic rings. The minimum Gasteiger partial charge on any atom is -0.364 e. The third kappa shape index (κ3) is 2.77. The number of fused-ring (bicyclic) bond motifs is 1. The maximum atomic E-state index is 5.66. The van der Waals surface area contributed by atoms with Gasteiger partial charge < -0.3 is 10.1 Å². The standard InChI is InChI=1S/C11H12N2OS3/c1-2-8-11(13-7-15-8)9(3-1)16-17-10-6-12-4-5-14-10/h1-3,7,10,12H,4-6H2. The molecule has 1 aliphatic heterocycles. The minimum atomic E-state index is 0.239. The molecule has 1 saturated heterocycles. The summed E-state index contributed by atoms with van der Waals surface area (Å²) in [5.74, 6) is 0. The molecule has 1 aromatic carbocycles. The Hall–Kier alpha value is -0.270. The zero-order valence-corrected chi connectivity index (χ0v) is 11.5. The molecule has 6 heteroatoms. The maximum Gasteiger partial charge on any atom is 0.125 e. The van der Waals surface area contributed by atoms with Gasteiger partial charge in [-0.25, -0.2) is 4.98 Å². The van der Waals surface area contributed by atoms with Crippen molar-refractivity contribution in [1.82, 2.24) is 10.3 Å². The highest BCUT2D eigenvalue weighted by molar-refractivity contribution is 8.77. The van der Waals surface area contributed by atoms with Crippen molar-refractivity contribution in [2.45, 2.75) is 10.3 Å². The van der Waals surface area contributed by atoms with Crippen LogP contribution in [0, 0.1) is 0 Å². The van der Waals surface area contributed by atoms with Crippen molar-refractivity contribution < 1.29 is 4.74 Å². The molecule has 1 atom stereocenters. The van der Waals surface area contributed by atoms with Crippen molar-refractivity contribution >= 4 is 43.1 Å². The first-order chi connectivity index (χ1) is 8.43. The Morgan fingerprint density at radius 2 is 2.47 bits per heavy atom. The number of nitrogens with one attached hydrogen (secondary N) is 1. The largest absolute Gasteiger partial charge is 0.364 e. The predicted molar refractivity (Wildman–Crippen MR) is 75.7 cm³/mol. The zero-order chi connectivity index (χ0) is 11.5. The van der Waals surface area contributed by atoms with Crippen molar-refractivity contribution in [2.75, 3.05) is 19.7 Å². The number of morpholine rings is 1. The van der Waals surface area contributed by atoms with Crippen LogP contribution in [0.4, 0.5) is 0 Å². The van der Waals surface area contributed by atoms with E-state index in [0.29, 0.717) is 0 Å². The lowest BCUT2D eigenvalue weighted by Crippen LogP contribution is -2.36.